The quantitative estimate of drug-likeness (QED) is 0.919. The number of rotatable bonds is 3. The first-order valence-electron chi connectivity index (χ1n) is 7.62. The molecule has 1 fully saturated rings. The molecule has 2 rings (SSSR count). The summed E-state index contributed by atoms with van der Waals surface area (Å²) in [4.78, 5) is 20.9. The van der Waals surface area contributed by atoms with Crippen LogP contribution in [0.15, 0.2) is 6.20 Å². The van der Waals surface area contributed by atoms with Crippen molar-refractivity contribution in [1.29, 1.82) is 0 Å². The topological polar surface area (TPSA) is 54.9 Å². The summed E-state index contributed by atoms with van der Waals surface area (Å²) in [6, 6.07) is 0.204. The third-order valence-electron chi connectivity index (χ3n) is 4.03. The molecule has 4 nitrogen and oxygen atoms in total. The van der Waals surface area contributed by atoms with E-state index in [9.17, 15) is 4.79 Å². The number of nitrogens with zero attached hydrogens (tertiary/aromatic N) is 2. The van der Waals surface area contributed by atoms with E-state index in [1.807, 2.05) is 13.8 Å². The summed E-state index contributed by atoms with van der Waals surface area (Å²) in [7, 11) is 0. The fourth-order valence-corrected chi connectivity index (χ4v) is 3.07. The summed E-state index contributed by atoms with van der Waals surface area (Å²) in [5.41, 5.74) is 0.577. The van der Waals surface area contributed by atoms with Crippen molar-refractivity contribution in [2.24, 2.45) is 5.41 Å². The highest BCUT2D eigenvalue weighted by atomic mass is 35.5. The predicted octanol–water partition coefficient (Wildman–Crippen LogP) is 3.95. The van der Waals surface area contributed by atoms with Crippen LogP contribution >= 0.6 is 11.6 Å². The molecule has 1 aromatic rings. The van der Waals surface area contributed by atoms with Crippen LogP contribution < -0.4 is 5.32 Å². The lowest BCUT2D eigenvalue weighted by Gasteiger charge is -2.35. The van der Waals surface area contributed by atoms with Crippen LogP contribution in [0.25, 0.3) is 0 Å². The summed E-state index contributed by atoms with van der Waals surface area (Å²) in [5.74, 6) is 0.628. The molecule has 1 saturated carbocycles. The van der Waals surface area contributed by atoms with Crippen molar-refractivity contribution >= 4 is 17.5 Å². The Morgan fingerprint density at radius 1 is 1.48 bits per heavy atom. The first-order chi connectivity index (χ1) is 9.78. The van der Waals surface area contributed by atoms with E-state index in [0.29, 0.717) is 16.5 Å². The van der Waals surface area contributed by atoms with Gasteiger partial charge in [0.1, 0.15) is 11.5 Å². The Hall–Kier alpha value is -1.16. The highest BCUT2D eigenvalue weighted by molar-refractivity contribution is 6.33. The average molecular weight is 310 g/mol. The van der Waals surface area contributed by atoms with Gasteiger partial charge in [0, 0.05) is 12.0 Å². The maximum atomic E-state index is 12.4. The Kier molecular flexibility index (Phi) is 4.87. The molecule has 116 valence electrons. The van der Waals surface area contributed by atoms with Gasteiger partial charge in [0.05, 0.1) is 11.2 Å². The van der Waals surface area contributed by atoms with E-state index in [-0.39, 0.29) is 23.3 Å². The molecule has 1 amide bonds. The molecule has 1 aliphatic carbocycles. The second-order valence-corrected chi connectivity index (χ2v) is 7.42. The third kappa shape index (κ3) is 4.16. The molecule has 21 heavy (non-hydrogen) atoms. The van der Waals surface area contributed by atoms with Gasteiger partial charge in [-0.3, -0.25) is 4.79 Å². The van der Waals surface area contributed by atoms with Gasteiger partial charge in [-0.15, -0.1) is 0 Å². The van der Waals surface area contributed by atoms with Crippen molar-refractivity contribution in [2.45, 2.75) is 65.3 Å². The Bertz CT molecular complexity index is 528. The van der Waals surface area contributed by atoms with Crippen LogP contribution in [0.3, 0.4) is 0 Å². The second-order valence-electron chi connectivity index (χ2n) is 7.01. The van der Waals surface area contributed by atoms with Gasteiger partial charge in [0.2, 0.25) is 0 Å². The van der Waals surface area contributed by atoms with Crippen molar-refractivity contribution in [3.8, 4) is 0 Å². The molecular weight excluding hydrogens is 286 g/mol. The average Bonchev–Trinajstić information content (AvgIpc) is 2.37. The Morgan fingerprint density at radius 2 is 2.19 bits per heavy atom. The Morgan fingerprint density at radius 3 is 2.81 bits per heavy atom. The number of nitrogens with one attached hydrogen (secondary N) is 1. The standard InChI is InChI=1S/C16H24ClN3O/c1-10(2)14-18-9-12(17)13(20-14)15(21)19-11-6-5-7-16(3,4)8-11/h9-11H,5-8H2,1-4H3,(H,19,21). The summed E-state index contributed by atoms with van der Waals surface area (Å²) in [6.07, 6.45) is 5.90. The zero-order valence-electron chi connectivity index (χ0n) is 13.2. The molecule has 1 aromatic heterocycles. The smallest absolute Gasteiger partial charge is 0.271 e. The van der Waals surface area contributed by atoms with E-state index < -0.39 is 0 Å². The first-order valence-corrected chi connectivity index (χ1v) is 7.99. The molecule has 1 heterocycles. The molecule has 0 aromatic carbocycles. The molecule has 0 aliphatic heterocycles. The molecule has 1 aliphatic rings. The minimum atomic E-state index is -0.188. The predicted molar refractivity (Wildman–Crippen MR) is 84.6 cm³/mol. The van der Waals surface area contributed by atoms with E-state index in [1.165, 1.54) is 12.6 Å². The lowest BCUT2D eigenvalue weighted by molar-refractivity contribution is 0.0897. The molecule has 1 unspecified atom stereocenters. The molecule has 1 N–H and O–H groups in total. The van der Waals surface area contributed by atoms with Gasteiger partial charge in [-0.2, -0.15) is 0 Å². The molecule has 0 bridgehead atoms. The van der Waals surface area contributed by atoms with Crippen molar-refractivity contribution in [1.82, 2.24) is 15.3 Å². The normalized spacial score (nSPS) is 21.3. The summed E-state index contributed by atoms with van der Waals surface area (Å²) >= 11 is 6.08. The van der Waals surface area contributed by atoms with Crippen LogP contribution in [-0.2, 0) is 0 Å². The van der Waals surface area contributed by atoms with Crippen molar-refractivity contribution in [3.05, 3.63) is 22.7 Å². The van der Waals surface area contributed by atoms with E-state index in [0.717, 1.165) is 19.3 Å². The van der Waals surface area contributed by atoms with Gasteiger partial charge in [-0.1, -0.05) is 45.7 Å². The third-order valence-corrected chi connectivity index (χ3v) is 4.31. The molecule has 0 spiro atoms. The zero-order valence-corrected chi connectivity index (χ0v) is 14.0. The van der Waals surface area contributed by atoms with Crippen molar-refractivity contribution < 1.29 is 4.79 Å². The van der Waals surface area contributed by atoms with Crippen LogP contribution in [0.1, 0.15) is 75.6 Å². The van der Waals surface area contributed by atoms with E-state index in [1.54, 1.807) is 0 Å². The maximum absolute atomic E-state index is 12.4. The molecular formula is C16H24ClN3O. The second kappa shape index (κ2) is 6.30. The number of halogens is 1. The SMILES string of the molecule is CC(C)c1ncc(Cl)c(C(=O)NC2CCCC(C)(C)C2)n1. The molecule has 0 saturated heterocycles. The first kappa shape index (κ1) is 16.2. The number of amides is 1. The zero-order chi connectivity index (χ0) is 15.6. The molecule has 1 atom stereocenters. The van der Waals surface area contributed by atoms with Gasteiger partial charge < -0.3 is 5.32 Å². The fourth-order valence-electron chi connectivity index (χ4n) is 2.89. The van der Waals surface area contributed by atoms with Crippen molar-refractivity contribution in [2.75, 3.05) is 0 Å². The maximum Gasteiger partial charge on any atom is 0.271 e. The summed E-state index contributed by atoms with van der Waals surface area (Å²) in [6.45, 7) is 8.49. The summed E-state index contributed by atoms with van der Waals surface area (Å²) in [5, 5.41) is 3.40. The number of hydrogen-bond acceptors (Lipinski definition) is 3. The minimum Gasteiger partial charge on any atom is -0.348 e. The summed E-state index contributed by atoms with van der Waals surface area (Å²) < 4.78 is 0. The number of carbonyl (C=O) groups excluding carboxylic acids is 1. The van der Waals surface area contributed by atoms with Gasteiger partial charge >= 0.3 is 0 Å². The van der Waals surface area contributed by atoms with Crippen LogP contribution in [0.4, 0.5) is 0 Å². The van der Waals surface area contributed by atoms with E-state index >= 15 is 0 Å². The largest absolute Gasteiger partial charge is 0.348 e. The van der Waals surface area contributed by atoms with E-state index in [4.69, 9.17) is 11.6 Å². The highest BCUT2D eigenvalue weighted by Gasteiger charge is 2.29. The van der Waals surface area contributed by atoms with Crippen LogP contribution in [0.5, 0.6) is 0 Å². The van der Waals surface area contributed by atoms with Crippen LogP contribution in [0.2, 0.25) is 5.02 Å². The van der Waals surface area contributed by atoms with Crippen LogP contribution in [-0.4, -0.2) is 21.9 Å². The van der Waals surface area contributed by atoms with Gasteiger partial charge in [-0.25, -0.2) is 9.97 Å². The van der Waals surface area contributed by atoms with Crippen LogP contribution in [0, 0.1) is 5.41 Å². The Balaban J connectivity index is 2.11. The fraction of sp³-hybridized carbons (Fsp3) is 0.688. The Labute approximate surface area is 131 Å². The van der Waals surface area contributed by atoms with Crippen molar-refractivity contribution in [3.63, 3.8) is 0 Å². The lowest BCUT2D eigenvalue weighted by Crippen LogP contribution is -2.41. The number of aromatic nitrogens is 2. The number of hydrogen-bond donors (Lipinski definition) is 1. The van der Waals surface area contributed by atoms with E-state index in [2.05, 4.69) is 29.1 Å². The molecule has 5 heteroatoms. The van der Waals surface area contributed by atoms with Gasteiger partial charge in [0.25, 0.3) is 5.91 Å². The number of carbonyl (C=O) groups is 1. The van der Waals surface area contributed by atoms with Gasteiger partial charge in [-0.05, 0) is 24.7 Å². The van der Waals surface area contributed by atoms with Gasteiger partial charge in [0.15, 0.2) is 0 Å². The lowest BCUT2D eigenvalue weighted by atomic mass is 9.75. The minimum absolute atomic E-state index is 0.169. The molecule has 0 radical (unpaired) electrons. The highest BCUT2D eigenvalue weighted by Crippen LogP contribution is 2.35. The monoisotopic (exact) mass is 309 g/mol.